The summed E-state index contributed by atoms with van der Waals surface area (Å²) in [5.41, 5.74) is 0. The van der Waals surface area contributed by atoms with E-state index in [0.717, 1.165) is 17.8 Å². The van der Waals surface area contributed by atoms with Crippen molar-refractivity contribution in [2.75, 3.05) is 12.4 Å². The van der Waals surface area contributed by atoms with Crippen LogP contribution in [0.25, 0.3) is 0 Å². The fourth-order valence-electron chi connectivity index (χ4n) is 2.75. The van der Waals surface area contributed by atoms with E-state index in [1.165, 1.54) is 31.7 Å². The van der Waals surface area contributed by atoms with Gasteiger partial charge in [0.1, 0.15) is 12.1 Å². The van der Waals surface area contributed by atoms with Gasteiger partial charge in [-0.15, -0.1) is 0 Å². The average molecular weight is 212 g/mol. The normalized spacial score (nSPS) is 37.2. The fourth-order valence-corrected chi connectivity index (χ4v) is 3.56. The van der Waals surface area contributed by atoms with Crippen molar-refractivity contribution in [2.45, 2.75) is 33.1 Å². The van der Waals surface area contributed by atoms with Gasteiger partial charge in [0, 0.05) is 11.3 Å². The van der Waals surface area contributed by atoms with Crippen molar-refractivity contribution < 1.29 is 4.90 Å². The van der Waals surface area contributed by atoms with E-state index in [2.05, 4.69) is 25.5 Å². The van der Waals surface area contributed by atoms with Crippen LogP contribution in [0.4, 0.5) is 0 Å². The van der Waals surface area contributed by atoms with Gasteiger partial charge in [-0.05, 0) is 31.1 Å². The molecule has 3 unspecified atom stereocenters. The minimum absolute atomic E-state index is 0.901. The monoisotopic (exact) mass is 212 g/mol. The lowest BCUT2D eigenvalue weighted by Gasteiger charge is -2.16. The van der Waals surface area contributed by atoms with Gasteiger partial charge in [-0.3, -0.25) is 4.90 Å². The number of nitrogens with one attached hydrogen (secondary N) is 1. The van der Waals surface area contributed by atoms with E-state index in [0.29, 0.717) is 0 Å². The molecule has 1 fully saturated rings. The van der Waals surface area contributed by atoms with Crippen molar-refractivity contribution in [3.63, 3.8) is 0 Å². The van der Waals surface area contributed by atoms with Gasteiger partial charge in [-0.2, -0.15) is 0 Å². The third kappa shape index (κ3) is 2.54. The molecule has 1 heterocycles. The Morgan fingerprint density at radius 1 is 1.43 bits per heavy atom. The third-order valence-corrected chi connectivity index (χ3v) is 4.61. The first-order valence-corrected chi connectivity index (χ1v) is 6.93. The highest BCUT2D eigenvalue weighted by molar-refractivity contribution is 8.02. The summed E-state index contributed by atoms with van der Waals surface area (Å²) in [6, 6.07) is 0. The summed E-state index contributed by atoms with van der Waals surface area (Å²) in [7, 11) is 0. The van der Waals surface area contributed by atoms with Crippen LogP contribution in [0.5, 0.6) is 0 Å². The zero-order chi connectivity index (χ0) is 9.97. The van der Waals surface area contributed by atoms with E-state index in [9.17, 15) is 0 Å². The molecule has 0 aromatic carbocycles. The molecule has 0 bridgehead atoms. The molecule has 2 rings (SSSR count). The maximum absolute atomic E-state index is 2.38. The van der Waals surface area contributed by atoms with E-state index in [4.69, 9.17) is 0 Å². The second kappa shape index (κ2) is 4.71. The van der Waals surface area contributed by atoms with Gasteiger partial charge in [-0.25, -0.2) is 0 Å². The Hall–Kier alpha value is 0.0500. The van der Waals surface area contributed by atoms with Gasteiger partial charge in [0.05, 0.1) is 6.54 Å². The smallest absolute Gasteiger partial charge is 0.132 e. The molecule has 1 nitrogen and oxygen atoms in total. The van der Waals surface area contributed by atoms with Crippen LogP contribution in [0.1, 0.15) is 33.1 Å². The maximum Gasteiger partial charge on any atom is 0.132 e. The molecular weight excluding hydrogens is 190 g/mol. The predicted molar refractivity (Wildman–Crippen MR) is 63.1 cm³/mol. The largest absolute Gasteiger partial charge is 0.299 e. The van der Waals surface area contributed by atoms with E-state index >= 15 is 0 Å². The number of hydrogen-bond donors (Lipinski definition) is 1. The Balaban J connectivity index is 1.75. The Kier molecular flexibility index (Phi) is 3.56. The zero-order valence-corrected chi connectivity index (χ0v) is 10.1. The van der Waals surface area contributed by atoms with Gasteiger partial charge in [-0.1, -0.05) is 25.6 Å². The highest BCUT2D eigenvalue weighted by Gasteiger charge is 2.29. The Morgan fingerprint density at radius 2 is 2.29 bits per heavy atom. The second-order valence-corrected chi connectivity index (χ2v) is 6.05. The van der Waals surface area contributed by atoms with E-state index in [1.54, 1.807) is 4.90 Å². The van der Waals surface area contributed by atoms with Gasteiger partial charge in [0.15, 0.2) is 0 Å². The van der Waals surface area contributed by atoms with Crippen molar-refractivity contribution in [1.29, 1.82) is 0 Å². The summed E-state index contributed by atoms with van der Waals surface area (Å²) in [6.45, 7) is 6.14. The summed E-state index contributed by atoms with van der Waals surface area (Å²) in [4.78, 5) is 1.68. The van der Waals surface area contributed by atoms with Crippen LogP contribution < -0.4 is 4.90 Å². The summed E-state index contributed by atoms with van der Waals surface area (Å²) < 4.78 is 0. The number of quaternary nitrogens is 1. The lowest BCUT2D eigenvalue weighted by Crippen LogP contribution is -3.06. The van der Waals surface area contributed by atoms with Crippen molar-refractivity contribution in [1.82, 2.24) is 0 Å². The van der Waals surface area contributed by atoms with Crippen molar-refractivity contribution >= 4 is 11.8 Å². The molecule has 14 heavy (non-hydrogen) atoms. The first kappa shape index (κ1) is 10.6. The summed E-state index contributed by atoms with van der Waals surface area (Å²) in [5.74, 6) is 4.18. The summed E-state index contributed by atoms with van der Waals surface area (Å²) in [6.07, 6.45) is 6.78. The van der Waals surface area contributed by atoms with Crippen LogP contribution in [0.3, 0.4) is 0 Å². The van der Waals surface area contributed by atoms with Crippen LogP contribution >= 0.6 is 11.8 Å². The molecule has 1 aliphatic carbocycles. The molecule has 0 aromatic rings. The molecule has 0 aromatic heterocycles. The Bertz CT molecular complexity index is 212. The second-order valence-electron chi connectivity index (χ2n) is 5.16. The van der Waals surface area contributed by atoms with Crippen molar-refractivity contribution in [2.24, 2.45) is 17.8 Å². The predicted octanol–water partition coefficient (Wildman–Crippen LogP) is 2.12. The number of hydrogen-bond acceptors (Lipinski definition) is 1. The highest BCUT2D eigenvalue weighted by Crippen LogP contribution is 2.34. The first-order valence-electron chi connectivity index (χ1n) is 5.88. The van der Waals surface area contributed by atoms with Crippen molar-refractivity contribution in [3.05, 3.63) is 11.6 Å². The summed E-state index contributed by atoms with van der Waals surface area (Å²) >= 11 is 1.96. The van der Waals surface area contributed by atoms with Crippen LogP contribution in [0, 0.1) is 17.8 Å². The Labute approximate surface area is 91.9 Å². The molecule has 2 aliphatic rings. The zero-order valence-electron chi connectivity index (χ0n) is 9.33. The third-order valence-electron chi connectivity index (χ3n) is 3.74. The first-order chi connectivity index (χ1) is 6.75. The van der Waals surface area contributed by atoms with Gasteiger partial charge in [0.25, 0.3) is 0 Å². The lowest BCUT2D eigenvalue weighted by atomic mass is 9.93. The van der Waals surface area contributed by atoms with Crippen molar-refractivity contribution in [3.8, 4) is 0 Å². The maximum atomic E-state index is 2.38. The highest BCUT2D eigenvalue weighted by atomic mass is 32.2. The standard InChI is InChI=1S/C12H21NS/c1-10(2)12-4-3-11(7-12)8-13-5-6-14-9-13/h5-6,10-12H,3-4,7-9H2,1-2H3/p+1. The molecular formula is C12H22NS+. The van der Waals surface area contributed by atoms with E-state index in [1.807, 2.05) is 11.8 Å². The molecule has 1 aliphatic heterocycles. The topological polar surface area (TPSA) is 4.44 Å². The molecule has 1 saturated carbocycles. The average Bonchev–Trinajstić information content (AvgIpc) is 2.75. The molecule has 1 N–H and O–H groups in total. The van der Waals surface area contributed by atoms with Gasteiger partial charge in [0.2, 0.25) is 0 Å². The molecule has 80 valence electrons. The van der Waals surface area contributed by atoms with E-state index in [-0.39, 0.29) is 0 Å². The number of rotatable bonds is 3. The van der Waals surface area contributed by atoms with Crippen LogP contribution in [0.15, 0.2) is 11.6 Å². The molecule has 0 spiro atoms. The molecule has 0 saturated heterocycles. The fraction of sp³-hybridized carbons (Fsp3) is 0.833. The van der Waals surface area contributed by atoms with Crippen LogP contribution in [-0.2, 0) is 0 Å². The quantitative estimate of drug-likeness (QED) is 0.751. The van der Waals surface area contributed by atoms with E-state index < -0.39 is 0 Å². The SMILES string of the molecule is CC(C)C1CCC(C[NH+]2C=CSC2)C1. The summed E-state index contributed by atoms with van der Waals surface area (Å²) in [5, 5.41) is 2.25. The Morgan fingerprint density at radius 3 is 2.86 bits per heavy atom. The minimum Gasteiger partial charge on any atom is -0.299 e. The minimum atomic E-state index is 0.901. The lowest BCUT2D eigenvalue weighted by molar-refractivity contribution is -0.834. The number of thioether (sulfide) groups is 1. The van der Waals surface area contributed by atoms with Gasteiger partial charge >= 0.3 is 0 Å². The van der Waals surface area contributed by atoms with Crippen LogP contribution in [-0.4, -0.2) is 12.4 Å². The molecule has 0 radical (unpaired) electrons. The molecule has 2 heteroatoms. The molecule has 0 amide bonds. The van der Waals surface area contributed by atoms with Crippen LogP contribution in [0.2, 0.25) is 0 Å². The van der Waals surface area contributed by atoms with Gasteiger partial charge < -0.3 is 0 Å². The molecule has 3 atom stereocenters.